The van der Waals surface area contributed by atoms with Gasteiger partial charge in [0, 0.05) is 36.7 Å². The Morgan fingerprint density at radius 3 is 2.57 bits per heavy atom. The summed E-state index contributed by atoms with van der Waals surface area (Å²) in [5.41, 5.74) is 11.8. The average Bonchev–Trinajstić information content (AvgIpc) is 3.35. The normalized spacial score (nSPS) is 18.2. The molecule has 1 fully saturated rings. The van der Waals surface area contributed by atoms with Crippen molar-refractivity contribution in [2.75, 3.05) is 31.0 Å². The van der Waals surface area contributed by atoms with E-state index >= 15 is 0 Å². The second kappa shape index (κ2) is 8.16. The summed E-state index contributed by atoms with van der Waals surface area (Å²) >= 11 is 0. The minimum absolute atomic E-state index is 0.136. The predicted molar refractivity (Wildman–Crippen MR) is 115 cm³/mol. The summed E-state index contributed by atoms with van der Waals surface area (Å²) in [4.78, 5) is 19.8. The van der Waals surface area contributed by atoms with Crippen molar-refractivity contribution in [2.24, 2.45) is 5.11 Å². The first kappa shape index (κ1) is 19.9. The Balaban J connectivity index is 1.85. The summed E-state index contributed by atoms with van der Waals surface area (Å²) in [6, 6.07) is 10.9. The second-order valence-corrected chi connectivity index (χ2v) is 7.75. The Hall–Kier alpha value is -3.38. The summed E-state index contributed by atoms with van der Waals surface area (Å²) in [5.74, 6) is 0.996. The molecule has 1 heterocycles. The van der Waals surface area contributed by atoms with Gasteiger partial charge in [-0.15, -0.1) is 0 Å². The van der Waals surface area contributed by atoms with Crippen LogP contribution in [0, 0.1) is 0 Å². The Morgan fingerprint density at radius 2 is 1.90 bits per heavy atom. The van der Waals surface area contributed by atoms with Gasteiger partial charge in [0.25, 0.3) is 5.91 Å². The summed E-state index contributed by atoms with van der Waals surface area (Å²) in [6.07, 6.45) is 3.68. The quantitative estimate of drug-likeness (QED) is 0.380. The summed E-state index contributed by atoms with van der Waals surface area (Å²) in [5, 5.41) is 3.94. The predicted octanol–water partition coefficient (Wildman–Crippen LogP) is 5.05. The van der Waals surface area contributed by atoms with Crippen molar-refractivity contribution in [1.82, 2.24) is 0 Å². The molecule has 156 valence electrons. The zero-order chi connectivity index (χ0) is 21.3. The Morgan fingerprint density at radius 1 is 1.17 bits per heavy atom. The number of methoxy groups -OCH3 is 1. The van der Waals surface area contributed by atoms with Gasteiger partial charge in [-0.1, -0.05) is 23.3 Å². The molecule has 1 aliphatic heterocycles. The molecular formula is C22H25N5O3. The summed E-state index contributed by atoms with van der Waals surface area (Å²) < 4.78 is 11.8. The number of carbonyl (C=O) groups excluding carboxylic acids is 1. The smallest absolute Gasteiger partial charge is 0.259 e. The van der Waals surface area contributed by atoms with Crippen molar-refractivity contribution < 1.29 is 14.3 Å². The van der Waals surface area contributed by atoms with Gasteiger partial charge in [0.2, 0.25) is 0 Å². The van der Waals surface area contributed by atoms with E-state index in [-0.39, 0.29) is 12.0 Å². The molecule has 2 aromatic rings. The maximum atomic E-state index is 13.3. The molecular weight excluding hydrogens is 382 g/mol. The molecule has 0 radical (unpaired) electrons. The first-order valence-corrected chi connectivity index (χ1v) is 10.1. The fraction of sp³-hybridized carbons (Fsp3) is 0.409. The third kappa shape index (κ3) is 3.39. The highest BCUT2D eigenvalue weighted by molar-refractivity contribution is 6.12. The minimum atomic E-state index is -0.759. The van der Waals surface area contributed by atoms with Gasteiger partial charge in [0.15, 0.2) is 11.5 Å². The van der Waals surface area contributed by atoms with E-state index < -0.39 is 6.17 Å². The molecule has 8 nitrogen and oxygen atoms in total. The van der Waals surface area contributed by atoms with E-state index in [4.69, 9.17) is 9.47 Å². The van der Waals surface area contributed by atoms with Crippen LogP contribution in [-0.2, 0) is 0 Å². The van der Waals surface area contributed by atoms with Gasteiger partial charge < -0.3 is 14.4 Å². The molecule has 0 bridgehead atoms. The summed E-state index contributed by atoms with van der Waals surface area (Å²) in [6.45, 7) is 0. The van der Waals surface area contributed by atoms with E-state index in [2.05, 4.69) is 10.0 Å². The molecule has 0 aromatic heterocycles. The van der Waals surface area contributed by atoms with Crippen molar-refractivity contribution in [3.63, 3.8) is 0 Å². The molecule has 0 spiro atoms. The number of hydrogen-bond acceptors (Lipinski definition) is 5. The van der Waals surface area contributed by atoms with Crippen LogP contribution in [0.3, 0.4) is 0 Å². The molecule has 1 aliphatic carbocycles. The van der Waals surface area contributed by atoms with Gasteiger partial charge in [-0.25, -0.2) is 0 Å². The third-order valence-corrected chi connectivity index (χ3v) is 5.69. The highest BCUT2D eigenvalue weighted by Crippen LogP contribution is 2.47. The highest BCUT2D eigenvalue weighted by atomic mass is 16.5. The van der Waals surface area contributed by atoms with Gasteiger partial charge in [0.1, 0.15) is 6.17 Å². The first-order chi connectivity index (χ1) is 14.5. The number of ether oxygens (including phenoxy) is 2. The Kier molecular flexibility index (Phi) is 5.42. The van der Waals surface area contributed by atoms with Crippen LogP contribution >= 0.6 is 0 Å². The molecule has 0 saturated heterocycles. The van der Waals surface area contributed by atoms with Crippen molar-refractivity contribution in [2.45, 2.75) is 38.0 Å². The molecule has 1 atom stereocenters. The fourth-order valence-electron chi connectivity index (χ4n) is 4.23. The molecule has 1 saturated carbocycles. The SMILES string of the molecule is COc1cc(N(C)C)c(N2C(=O)c3ccccc3C2N=[N+]=[N-])cc1OC1CCCC1. The zero-order valence-corrected chi connectivity index (χ0v) is 17.4. The highest BCUT2D eigenvalue weighted by Gasteiger charge is 2.39. The number of carbonyl (C=O) groups is 1. The van der Waals surface area contributed by atoms with Crippen LogP contribution in [-0.4, -0.2) is 33.2 Å². The topological polar surface area (TPSA) is 90.8 Å². The number of rotatable bonds is 6. The van der Waals surface area contributed by atoms with Crippen LogP contribution in [0.4, 0.5) is 11.4 Å². The number of nitrogens with zero attached hydrogens (tertiary/aromatic N) is 5. The van der Waals surface area contributed by atoms with E-state index in [0.717, 1.165) is 31.4 Å². The Bertz CT molecular complexity index is 1010. The minimum Gasteiger partial charge on any atom is -0.493 e. The largest absolute Gasteiger partial charge is 0.493 e. The molecule has 2 aromatic carbocycles. The van der Waals surface area contributed by atoms with E-state index in [1.165, 1.54) is 0 Å². The monoisotopic (exact) mass is 407 g/mol. The number of amides is 1. The number of hydrogen-bond donors (Lipinski definition) is 0. The molecule has 4 rings (SSSR count). The third-order valence-electron chi connectivity index (χ3n) is 5.69. The fourth-order valence-corrected chi connectivity index (χ4v) is 4.23. The number of azide groups is 1. The van der Waals surface area contributed by atoms with Crippen LogP contribution in [0.25, 0.3) is 10.4 Å². The lowest BCUT2D eigenvalue weighted by atomic mass is 10.1. The molecule has 8 heteroatoms. The summed E-state index contributed by atoms with van der Waals surface area (Å²) in [7, 11) is 5.40. The number of fused-ring (bicyclic) bond motifs is 1. The van der Waals surface area contributed by atoms with E-state index in [1.54, 1.807) is 18.1 Å². The number of anilines is 2. The lowest BCUT2D eigenvalue weighted by Gasteiger charge is -2.29. The van der Waals surface area contributed by atoms with E-state index in [1.807, 2.05) is 49.3 Å². The van der Waals surface area contributed by atoms with Crippen molar-refractivity contribution in [3.8, 4) is 11.5 Å². The molecule has 0 N–H and O–H groups in total. The van der Waals surface area contributed by atoms with Gasteiger partial charge in [-0.2, -0.15) is 0 Å². The lowest BCUT2D eigenvalue weighted by molar-refractivity contribution is 0.0991. The van der Waals surface area contributed by atoms with E-state index in [0.29, 0.717) is 28.3 Å². The van der Waals surface area contributed by atoms with Gasteiger partial charge in [-0.05, 0) is 42.8 Å². The molecule has 1 unspecified atom stereocenters. The van der Waals surface area contributed by atoms with Gasteiger partial charge >= 0.3 is 0 Å². The lowest BCUT2D eigenvalue weighted by Crippen LogP contribution is -2.29. The number of benzene rings is 2. The van der Waals surface area contributed by atoms with Crippen LogP contribution in [0.1, 0.15) is 47.8 Å². The standard InChI is InChI=1S/C22H25N5O3/c1-26(2)17-12-19(29-3)20(30-14-8-4-5-9-14)13-18(17)27-21(24-25-23)15-10-6-7-11-16(15)22(27)28/h6-7,10-14,21H,4-5,8-9H2,1-3H3. The maximum absolute atomic E-state index is 13.3. The zero-order valence-electron chi connectivity index (χ0n) is 17.4. The van der Waals surface area contributed by atoms with Crippen molar-refractivity contribution in [1.29, 1.82) is 0 Å². The van der Waals surface area contributed by atoms with Crippen LogP contribution in [0.15, 0.2) is 41.5 Å². The van der Waals surface area contributed by atoms with Crippen molar-refractivity contribution >= 4 is 17.3 Å². The van der Waals surface area contributed by atoms with Crippen molar-refractivity contribution in [3.05, 3.63) is 58.0 Å². The maximum Gasteiger partial charge on any atom is 0.259 e. The first-order valence-electron chi connectivity index (χ1n) is 10.1. The molecule has 1 amide bonds. The van der Waals surface area contributed by atoms with Gasteiger partial charge in [-0.3, -0.25) is 9.69 Å². The molecule has 2 aliphatic rings. The second-order valence-electron chi connectivity index (χ2n) is 7.75. The van der Waals surface area contributed by atoms with Crippen LogP contribution in [0.5, 0.6) is 11.5 Å². The Labute approximate surface area is 175 Å². The van der Waals surface area contributed by atoms with Crippen LogP contribution < -0.4 is 19.3 Å². The van der Waals surface area contributed by atoms with Gasteiger partial charge in [0.05, 0.1) is 24.6 Å². The average molecular weight is 407 g/mol. The van der Waals surface area contributed by atoms with Crippen LogP contribution in [0.2, 0.25) is 0 Å². The van der Waals surface area contributed by atoms with E-state index in [9.17, 15) is 10.3 Å². The molecule has 30 heavy (non-hydrogen) atoms.